The van der Waals surface area contributed by atoms with E-state index in [-0.39, 0.29) is 5.56 Å². The lowest BCUT2D eigenvalue weighted by molar-refractivity contribution is 0.297. The zero-order chi connectivity index (χ0) is 18.0. The monoisotopic (exact) mass is 346 g/mol. The second-order valence-electron chi connectivity index (χ2n) is 7.12. The molecular weight excluding hydrogens is 312 g/mol. The third-order valence-electron chi connectivity index (χ3n) is 5.35. The number of nitrogens with zero attached hydrogens (tertiary/aromatic N) is 2. The smallest absolute Gasteiger partial charge is 0.250 e. The molecule has 0 unspecified atom stereocenters. The Morgan fingerprint density at radius 1 is 1.20 bits per heavy atom. The lowest BCUT2D eigenvalue weighted by atomic mass is 9.84. The van der Waals surface area contributed by atoms with Gasteiger partial charge in [-0.3, -0.25) is 9.79 Å². The maximum absolute atomic E-state index is 11.7. The highest BCUT2D eigenvalue weighted by molar-refractivity contribution is 5.79. The molecule has 1 aliphatic rings. The highest BCUT2D eigenvalue weighted by Crippen LogP contribution is 2.41. The van der Waals surface area contributed by atoms with E-state index in [1.165, 1.54) is 32.1 Å². The highest BCUT2D eigenvalue weighted by Gasteiger charge is 2.31. The summed E-state index contributed by atoms with van der Waals surface area (Å²) < 4.78 is 1.77. The van der Waals surface area contributed by atoms with Crippen molar-refractivity contribution in [3.8, 4) is 0 Å². The second kappa shape index (κ2) is 10.3. The van der Waals surface area contributed by atoms with Crippen molar-refractivity contribution in [1.29, 1.82) is 0 Å². The molecule has 0 amide bonds. The first-order valence-corrected chi connectivity index (χ1v) is 9.87. The lowest BCUT2D eigenvalue weighted by Crippen LogP contribution is -2.38. The van der Waals surface area contributed by atoms with Gasteiger partial charge in [-0.2, -0.15) is 0 Å². The van der Waals surface area contributed by atoms with Crippen LogP contribution in [0.15, 0.2) is 34.2 Å². The van der Waals surface area contributed by atoms with Crippen LogP contribution >= 0.6 is 0 Å². The van der Waals surface area contributed by atoms with Crippen molar-refractivity contribution in [1.82, 2.24) is 15.2 Å². The molecule has 0 aromatic carbocycles. The van der Waals surface area contributed by atoms with Crippen LogP contribution < -0.4 is 16.2 Å². The van der Waals surface area contributed by atoms with Gasteiger partial charge in [-0.25, -0.2) is 0 Å². The van der Waals surface area contributed by atoms with Gasteiger partial charge in [0.15, 0.2) is 5.96 Å². The Hall–Kier alpha value is -1.78. The van der Waals surface area contributed by atoms with E-state index in [1.807, 2.05) is 12.3 Å². The Bertz CT molecular complexity index is 587. The molecule has 1 saturated carbocycles. The summed E-state index contributed by atoms with van der Waals surface area (Å²) in [5.74, 6) is 0.930. The third kappa shape index (κ3) is 6.22. The SMILES string of the molecule is CCNC(=NCC1(CC)CCCC1)NCCCCn1ccccc1=O. The minimum atomic E-state index is 0.0757. The molecule has 0 radical (unpaired) electrons. The zero-order valence-electron chi connectivity index (χ0n) is 15.9. The molecule has 2 rings (SSSR count). The molecule has 0 saturated heterocycles. The number of aryl methyl sites for hydroxylation is 1. The van der Waals surface area contributed by atoms with Gasteiger partial charge in [-0.1, -0.05) is 25.8 Å². The van der Waals surface area contributed by atoms with Gasteiger partial charge in [0.1, 0.15) is 0 Å². The van der Waals surface area contributed by atoms with Crippen LogP contribution in [0.4, 0.5) is 0 Å². The zero-order valence-corrected chi connectivity index (χ0v) is 15.9. The van der Waals surface area contributed by atoms with Crippen molar-refractivity contribution in [2.45, 2.75) is 65.3 Å². The van der Waals surface area contributed by atoms with Crippen molar-refractivity contribution in [3.63, 3.8) is 0 Å². The summed E-state index contributed by atoms with van der Waals surface area (Å²) in [4.78, 5) is 16.5. The first kappa shape index (κ1) is 19.5. The number of guanidine groups is 1. The van der Waals surface area contributed by atoms with Crippen molar-refractivity contribution in [3.05, 3.63) is 34.7 Å². The van der Waals surface area contributed by atoms with Crippen LogP contribution in [0, 0.1) is 5.41 Å². The van der Waals surface area contributed by atoms with Crippen LogP contribution in [0.5, 0.6) is 0 Å². The van der Waals surface area contributed by atoms with Gasteiger partial charge in [0.05, 0.1) is 0 Å². The molecule has 1 fully saturated rings. The first-order chi connectivity index (χ1) is 12.2. The molecule has 1 heterocycles. The van der Waals surface area contributed by atoms with Gasteiger partial charge in [0.25, 0.3) is 0 Å². The molecule has 140 valence electrons. The van der Waals surface area contributed by atoms with Crippen LogP contribution in [-0.4, -0.2) is 30.2 Å². The number of unbranched alkanes of at least 4 members (excludes halogenated alkanes) is 1. The fourth-order valence-electron chi connectivity index (χ4n) is 3.60. The molecule has 5 nitrogen and oxygen atoms in total. The number of rotatable bonds is 9. The average Bonchev–Trinajstić information content (AvgIpc) is 3.10. The van der Waals surface area contributed by atoms with E-state index in [4.69, 9.17) is 4.99 Å². The fraction of sp³-hybridized carbons (Fsp3) is 0.700. The van der Waals surface area contributed by atoms with Crippen LogP contribution in [-0.2, 0) is 6.54 Å². The molecule has 0 bridgehead atoms. The van der Waals surface area contributed by atoms with E-state index in [0.29, 0.717) is 5.41 Å². The number of hydrogen-bond acceptors (Lipinski definition) is 2. The molecule has 5 heteroatoms. The Morgan fingerprint density at radius 3 is 2.68 bits per heavy atom. The van der Waals surface area contributed by atoms with Crippen molar-refractivity contribution in [2.75, 3.05) is 19.6 Å². The van der Waals surface area contributed by atoms with Crippen LogP contribution in [0.1, 0.15) is 58.8 Å². The van der Waals surface area contributed by atoms with Crippen molar-refractivity contribution in [2.24, 2.45) is 10.4 Å². The molecule has 1 aromatic rings. The lowest BCUT2D eigenvalue weighted by Gasteiger charge is -2.25. The Balaban J connectivity index is 1.74. The van der Waals surface area contributed by atoms with E-state index in [2.05, 4.69) is 24.5 Å². The number of nitrogens with one attached hydrogen (secondary N) is 2. The largest absolute Gasteiger partial charge is 0.357 e. The summed E-state index contributed by atoms with van der Waals surface area (Å²) in [5.41, 5.74) is 0.503. The number of pyridine rings is 1. The standard InChI is InChI=1S/C20H34N4O/c1-3-20(12-6-7-13-20)17-23-19(21-4-2)22-14-8-10-16-24-15-9-5-11-18(24)25/h5,9,11,15H,3-4,6-8,10,12-14,16-17H2,1-2H3,(H2,21,22,23). The molecular formula is C20H34N4O. The van der Waals surface area contributed by atoms with Crippen molar-refractivity contribution < 1.29 is 0 Å². The number of hydrogen-bond donors (Lipinski definition) is 2. The summed E-state index contributed by atoms with van der Waals surface area (Å²) in [6.07, 6.45) is 10.4. The van der Waals surface area contributed by atoms with Gasteiger partial charge < -0.3 is 15.2 Å². The quantitative estimate of drug-likeness (QED) is 0.410. The molecule has 0 aliphatic heterocycles. The van der Waals surface area contributed by atoms with Crippen LogP contribution in [0.25, 0.3) is 0 Å². The van der Waals surface area contributed by atoms with Gasteiger partial charge in [0.2, 0.25) is 5.56 Å². The minimum absolute atomic E-state index is 0.0757. The van der Waals surface area contributed by atoms with E-state index in [1.54, 1.807) is 16.7 Å². The van der Waals surface area contributed by atoms with E-state index in [0.717, 1.165) is 45.0 Å². The number of aromatic nitrogens is 1. The second-order valence-corrected chi connectivity index (χ2v) is 7.12. The molecule has 1 aliphatic carbocycles. The maximum atomic E-state index is 11.7. The normalized spacial score (nSPS) is 16.8. The van der Waals surface area contributed by atoms with Gasteiger partial charge >= 0.3 is 0 Å². The maximum Gasteiger partial charge on any atom is 0.250 e. The summed E-state index contributed by atoms with van der Waals surface area (Å²) >= 11 is 0. The molecule has 2 N–H and O–H groups in total. The Morgan fingerprint density at radius 2 is 2.00 bits per heavy atom. The molecule has 0 atom stereocenters. The summed E-state index contributed by atoms with van der Waals surface area (Å²) in [6.45, 7) is 7.86. The topological polar surface area (TPSA) is 58.4 Å². The molecule has 0 spiro atoms. The van der Waals surface area contributed by atoms with Gasteiger partial charge in [-0.15, -0.1) is 0 Å². The van der Waals surface area contributed by atoms with Crippen molar-refractivity contribution >= 4 is 5.96 Å². The predicted molar refractivity (Wildman–Crippen MR) is 105 cm³/mol. The first-order valence-electron chi connectivity index (χ1n) is 9.87. The van der Waals surface area contributed by atoms with Crippen LogP contribution in [0.3, 0.4) is 0 Å². The van der Waals surface area contributed by atoms with Crippen LogP contribution in [0.2, 0.25) is 0 Å². The molecule has 25 heavy (non-hydrogen) atoms. The Labute approximate surface area is 151 Å². The van der Waals surface area contributed by atoms with E-state index < -0.39 is 0 Å². The summed E-state index contributed by atoms with van der Waals surface area (Å²) in [7, 11) is 0. The van der Waals surface area contributed by atoms with Gasteiger partial charge in [-0.05, 0) is 50.5 Å². The van der Waals surface area contributed by atoms with E-state index >= 15 is 0 Å². The fourth-order valence-corrected chi connectivity index (χ4v) is 3.60. The number of aliphatic imine (C=N–C) groups is 1. The molecule has 1 aromatic heterocycles. The summed E-state index contributed by atoms with van der Waals surface area (Å²) in [5, 5.41) is 6.79. The average molecular weight is 347 g/mol. The minimum Gasteiger partial charge on any atom is -0.357 e. The van der Waals surface area contributed by atoms with Gasteiger partial charge in [0, 0.05) is 38.4 Å². The summed E-state index contributed by atoms with van der Waals surface area (Å²) in [6, 6.07) is 5.30. The van der Waals surface area contributed by atoms with E-state index in [9.17, 15) is 4.79 Å². The predicted octanol–water partition coefficient (Wildman–Crippen LogP) is 3.15. The highest BCUT2D eigenvalue weighted by atomic mass is 16.1. The Kier molecular flexibility index (Phi) is 8.02. The third-order valence-corrected chi connectivity index (χ3v) is 5.35.